The monoisotopic (exact) mass is 305 g/mol. The third-order valence-corrected chi connectivity index (χ3v) is 5.31. The van der Waals surface area contributed by atoms with E-state index in [0.29, 0.717) is 19.4 Å². The highest BCUT2D eigenvalue weighted by Gasteiger charge is 2.55. The maximum atomic E-state index is 12.9. The van der Waals surface area contributed by atoms with Gasteiger partial charge in [-0.2, -0.15) is 0 Å². The number of nitrogens with zero attached hydrogens (tertiary/aromatic N) is 1. The lowest BCUT2D eigenvalue weighted by Gasteiger charge is -2.43. The first kappa shape index (κ1) is 14.2. The van der Waals surface area contributed by atoms with Crippen molar-refractivity contribution in [3.05, 3.63) is 71.3 Å². The quantitative estimate of drug-likeness (QED) is 0.847. The van der Waals surface area contributed by atoms with Gasteiger partial charge in [0.25, 0.3) is 0 Å². The van der Waals surface area contributed by atoms with Gasteiger partial charge in [0.2, 0.25) is 5.91 Å². The van der Waals surface area contributed by atoms with Gasteiger partial charge in [0.05, 0.1) is 11.5 Å². The Balaban J connectivity index is 1.80. The molecule has 1 aliphatic heterocycles. The van der Waals surface area contributed by atoms with Crippen molar-refractivity contribution >= 4 is 11.7 Å². The Morgan fingerprint density at radius 3 is 2.52 bits per heavy atom. The number of carbonyl (C=O) groups excluding carboxylic acids is 2. The Hall–Kier alpha value is -2.42. The zero-order valence-corrected chi connectivity index (χ0v) is 13.2. The lowest BCUT2D eigenvalue weighted by molar-refractivity contribution is -0.141. The van der Waals surface area contributed by atoms with Gasteiger partial charge in [-0.25, -0.2) is 0 Å². The van der Waals surface area contributed by atoms with Crippen molar-refractivity contribution in [3.63, 3.8) is 0 Å². The van der Waals surface area contributed by atoms with E-state index in [0.717, 1.165) is 16.7 Å². The predicted octanol–water partition coefficient (Wildman–Crippen LogP) is 3.75. The minimum absolute atomic E-state index is 0.140. The van der Waals surface area contributed by atoms with Gasteiger partial charge in [-0.1, -0.05) is 54.6 Å². The molecule has 0 aromatic heterocycles. The first-order valence-electron chi connectivity index (χ1n) is 8.08. The molecule has 2 aromatic rings. The highest BCUT2D eigenvalue weighted by Crippen LogP contribution is 2.54. The van der Waals surface area contributed by atoms with E-state index in [-0.39, 0.29) is 17.7 Å². The van der Waals surface area contributed by atoms with Crippen molar-refractivity contribution in [1.29, 1.82) is 0 Å². The summed E-state index contributed by atoms with van der Waals surface area (Å²) in [6.07, 6.45) is 1.08. The van der Waals surface area contributed by atoms with Crippen LogP contribution in [-0.2, 0) is 11.3 Å². The van der Waals surface area contributed by atoms with E-state index in [1.165, 1.54) is 0 Å². The molecule has 1 aliphatic carbocycles. The molecule has 2 atom stereocenters. The van der Waals surface area contributed by atoms with Crippen LogP contribution in [0.15, 0.2) is 54.6 Å². The predicted molar refractivity (Wildman–Crippen MR) is 87.8 cm³/mol. The van der Waals surface area contributed by atoms with Crippen LogP contribution >= 0.6 is 0 Å². The largest absolute Gasteiger partial charge is 0.330 e. The molecule has 116 valence electrons. The minimum Gasteiger partial charge on any atom is -0.330 e. The average Bonchev–Trinajstić information content (AvgIpc) is 2.81. The van der Waals surface area contributed by atoms with Gasteiger partial charge in [-0.05, 0) is 24.5 Å². The lowest BCUT2D eigenvalue weighted by atomic mass is 9.74. The zero-order chi connectivity index (χ0) is 16.0. The molecule has 0 radical (unpaired) electrons. The van der Waals surface area contributed by atoms with Crippen LogP contribution in [0.3, 0.4) is 0 Å². The Labute approximate surface area is 135 Å². The molecule has 0 spiro atoms. The maximum absolute atomic E-state index is 12.9. The number of amides is 1. The highest BCUT2D eigenvalue weighted by atomic mass is 16.2. The molecule has 1 fully saturated rings. The second-order valence-electron chi connectivity index (χ2n) is 6.74. The fraction of sp³-hybridized carbons (Fsp3) is 0.300. The molecule has 3 nitrogen and oxygen atoms in total. The number of hydrogen-bond acceptors (Lipinski definition) is 2. The van der Waals surface area contributed by atoms with Crippen LogP contribution in [0, 0.1) is 5.41 Å². The number of benzene rings is 2. The molecule has 0 bridgehead atoms. The first-order valence-corrected chi connectivity index (χ1v) is 8.08. The molecule has 0 N–H and O–H groups in total. The fourth-order valence-electron chi connectivity index (χ4n) is 4.09. The summed E-state index contributed by atoms with van der Waals surface area (Å²) >= 11 is 0. The second-order valence-corrected chi connectivity index (χ2v) is 6.74. The maximum Gasteiger partial charge on any atom is 0.223 e. The summed E-state index contributed by atoms with van der Waals surface area (Å²) < 4.78 is 0. The smallest absolute Gasteiger partial charge is 0.223 e. The highest BCUT2D eigenvalue weighted by molar-refractivity contribution is 6.06. The summed E-state index contributed by atoms with van der Waals surface area (Å²) in [7, 11) is 0. The van der Waals surface area contributed by atoms with E-state index in [4.69, 9.17) is 0 Å². The van der Waals surface area contributed by atoms with Gasteiger partial charge < -0.3 is 4.90 Å². The van der Waals surface area contributed by atoms with E-state index < -0.39 is 5.41 Å². The van der Waals surface area contributed by atoms with Crippen LogP contribution < -0.4 is 0 Å². The van der Waals surface area contributed by atoms with Crippen molar-refractivity contribution in [2.24, 2.45) is 5.41 Å². The van der Waals surface area contributed by atoms with E-state index in [2.05, 4.69) is 0 Å². The summed E-state index contributed by atoms with van der Waals surface area (Å²) in [5.74, 6) is 0.324. The molecule has 2 aliphatic rings. The van der Waals surface area contributed by atoms with Gasteiger partial charge >= 0.3 is 0 Å². The molecule has 1 heterocycles. The Kier molecular flexibility index (Phi) is 3.12. The van der Waals surface area contributed by atoms with Crippen LogP contribution in [0.25, 0.3) is 0 Å². The molecular formula is C20H19NO2. The summed E-state index contributed by atoms with van der Waals surface area (Å²) in [5, 5.41) is 0. The van der Waals surface area contributed by atoms with Crippen LogP contribution in [0.2, 0.25) is 0 Å². The van der Waals surface area contributed by atoms with Crippen molar-refractivity contribution < 1.29 is 9.59 Å². The van der Waals surface area contributed by atoms with E-state index in [9.17, 15) is 9.59 Å². The molecule has 4 rings (SSSR count). The van der Waals surface area contributed by atoms with E-state index in [1.54, 1.807) is 0 Å². The van der Waals surface area contributed by atoms with Gasteiger partial charge in [0, 0.05) is 18.5 Å². The molecule has 1 saturated heterocycles. The molecular weight excluding hydrogens is 286 g/mol. The third-order valence-electron chi connectivity index (χ3n) is 5.31. The van der Waals surface area contributed by atoms with Gasteiger partial charge in [-0.15, -0.1) is 0 Å². The number of hydrogen-bond donors (Lipinski definition) is 0. The summed E-state index contributed by atoms with van der Waals surface area (Å²) in [5.41, 5.74) is 2.39. The SMILES string of the molecule is C[C@@]12CCC(=O)N(Cc3ccccc3)[C@@H]1c1ccccc1C2=O. The Bertz CT molecular complexity index is 783. The third kappa shape index (κ3) is 2.03. The first-order chi connectivity index (χ1) is 11.1. The number of piperidine rings is 1. The molecule has 2 aromatic carbocycles. The van der Waals surface area contributed by atoms with Crippen molar-refractivity contribution in [2.45, 2.75) is 32.4 Å². The molecule has 23 heavy (non-hydrogen) atoms. The second kappa shape index (κ2) is 5.05. The summed E-state index contributed by atoms with van der Waals surface area (Å²) in [6.45, 7) is 2.58. The van der Waals surface area contributed by atoms with Crippen molar-refractivity contribution in [3.8, 4) is 0 Å². The number of Topliss-reactive ketones (excluding diaryl/α,β-unsaturated/α-hetero) is 1. The van der Waals surface area contributed by atoms with E-state index in [1.807, 2.05) is 66.4 Å². The number of rotatable bonds is 2. The van der Waals surface area contributed by atoms with Gasteiger partial charge in [0.15, 0.2) is 5.78 Å². The molecule has 0 unspecified atom stereocenters. The number of ketones is 1. The average molecular weight is 305 g/mol. The van der Waals surface area contributed by atoms with Crippen LogP contribution in [0.1, 0.15) is 47.3 Å². The zero-order valence-electron chi connectivity index (χ0n) is 13.2. The van der Waals surface area contributed by atoms with Gasteiger partial charge in [0.1, 0.15) is 0 Å². The minimum atomic E-state index is -0.494. The van der Waals surface area contributed by atoms with Crippen molar-refractivity contribution in [1.82, 2.24) is 4.90 Å². The van der Waals surface area contributed by atoms with E-state index >= 15 is 0 Å². The standard InChI is InChI=1S/C20H19NO2/c1-20-12-11-17(22)21(13-14-7-3-2-4-8-14)18(20)15-9-5-6-10-16(15)19(20)23/h2-10,18H,11-13H2,1H3/t18-,20-/m1/s1. The van der Waals surface area contributed by atoms with Crippen LogP contribution in [0.5, 0.6) is 0 Å². The lowest BCUT2D eigenvalue weighted by Crippen LogP contribution is -2.47. The number of likely N-dealkylation sites (tertiary alicyclic amines) is 1. The topological polar surface area (TPSA) is 37.4 Å². The molecule has 0 saturated carbocycles. The van der Waals surface area contributed by atoms with Gasteiger partial charge in [-0.3, -0.25) is 9.59 Å². The number of fused-ring (bicyclic) bond motifs is 3. The Morgan fingerprint density at radius 2 is 1.74 bits per heavy atom. The number of carbonyl (C=O) groups is 2. The molecule has 3 heteroatoms. The normalized spacial score (nSPS) is 26.1. The fourth-order valence-corrected chi connectivity index (χ4v) is 4.09. The van der Waals surface area contributed by atoms with Crippen molar-refractivity contribution in [2.75, 3.05) is 0 Å². The summed E-state index contributed by atoms with van der Waals surface area (Å²) in [4.78, 5) is 27.4. The Morgan fingerprint density at radius 1 is 1.04 bits per heavy atom. The summed E-state index contributed by atoms with van der Waals surface area (Å²) in [6, 6.07) is 17.6. The molecule has 1 amide bonds. The van der Waals surface area contributed by atoms with Crippen LogP contribution in [-0.4, -0.2) is 16.6 Å². The van der Waals surface area contributed by atoms with Crippen LogP contribution in [0.4, 0.5) is 0 Å².